The van der Waals surface area contributed by atoms with Gasteiger partial charge in [0, 0.05) is 32.3 Å². The van der Waals surface area contributed by atoms with Crippen LogP contribution in [-0.2, 0) is 0 Å². The highest BCUT2D eigenvalue weighted by atomic mass is 79.9. The van der Waals surface area contributed by atoms with Crippen molar-refractivity contribution in [2.75, 3.05) is 10.6 Å². The summed E-state index contributed by atoms with van der Waals surface area (Å²) in [6.45, 7) is 0. The van der Waals surface area contributed by atoms with Gasteiger partial charge in [0.05, 0.1) is 0 Å². The van der Waals surface area contributed by atoms with E-state index in [1.54, 1.807) is 18.2 Å². The Morgan fingerprint density at radius 2 is 1.59 bits per heavy atom. The molecule has 4 aromatic rings. The molecule has 0 unspecified atom stereocenters. The number of amides is 3. The third-order valence-corrected chi connectivity index (χ3v) is 4.96. The first kappa shape index (κ1) is 18.8. The number of urea groups is 1. The molecule has 3 aromatic carbocycles. The predicted octanol–water partition coefficient (Wildman–Crippen LogP) is 5.34. The molecular weight excluding hydrogens is 432 g/mol. The highest BCUT2D eigenvalue weighted by molar-refractivity contribution is 9.10. The molecule has 0 aliphatic rings. The number of aromatic amines is 1. The molecule has 29 heavy (non-hydrogen) atoms. The largest absolute Gasteiger partial charge is 0.364 e. The Hall–Kier alpha value is -3.58. The maximum absolute atomic E-state index is 12.2. The van der Waals surface area contributed by atoms with Crippen LogP contribution in [-0.4, -0.2) is 16.9 Å². The SMILES string of the molecule is NC(=O)c1[nH]c2ccccc2c1-c1ccc(NC(=O)Nc2cccc(Br)c2)cc1. The number of fused-ring (bicyclic) bond motifs is 1. The van der Waals surface area contributed by atoms with Crippen molar-refractivity contribution in [3.63, 3.8) is 0 Å². The molecule has 0 atom stereocenters. The van der Waals surface area contributed by atoms with Crippen LogP contribution in [0.1, 0.15) is 10.5 Å². The second-order valence-electron chi connectivity index (χ2n) is 6.45. The highest BCUT2D eigenvalue weighted by Gasteiger charge is 2.17. The average Bonchev–Trinajstić information content (AvgIpc) is 3.08. The van der Waals surface area contributed by atoms with Crippen molar-refractivity contribution < 1.29 is 9.59 Å². The Morgan fingerprint density at radius 1 is 0.862 bits per heavy atom. The van der Waals surface area contributed by atoms with Gasteiger partial charge in [-0.05, 0) is 42.0 Å². The zero-order chi connectivity index (χ0) is 20.4. The Bertz CT molecular complexity index is 1220. The first-order chi connectivity index (χ1) is 14.0. The van der Waals surface area contributed by atoms with Gasteiger partial charge in [0.2, 0.25) is 0 Å². The summed E-state index contributed by atoms with van der Waals surface area (Å²) >= 11 is 3.37. The van der Waals surface area contributed by atoms with Gasteiger partial charge in [-0.1, -0.05) is 52.3 Å². The van der Waals surface area contributed by atoms with E-state index in [1.165, 1.54) is 0 Å². The fraction of sp³-hybridized carbons (Fsp3) is 0. The van der Waals surface area contributed by atoms with E-state index in [0.29, 0.717) is 17.1 Å². The summed E-state index contributed by atoms with van der Waals surface area (Å²) in [6, 6.07) is 21.9. The number of H-pyrrole nitrogens is 1. The molecule has 3 amide bonds. The molecule has 0 bridgehead atoms. The Kier molecular flexibility index (Phi) is 5.05. The number of carbonyl (C=O) groups is 2. The van der Waals surface area contributed by atoms with Gasteiger partial charge in [0.1, 0.15) is 5.69 Å². The third kappa shape index (κ3) is 4.00. The third-order valence-electron chi connectivity index (χ3n) is 4.47. The molecule has 5 N–H and O–H groups in total. The van der Waals surface area contributed by atoms with Gasteiger partial charge in [-0.2, -0.15) is 0 Å². The zero-order valence-corrected chi connectivity index (χ0v) is 16.8. The van der Waals surface area contributed by atoms with Crippen molar-refractivity contribution in [1.82, 2.24) is 4.98 Å². The first-order valence-corrected chi connectivity index (χ1v) is 9.65. The number of nitrogens with one attached hydrogen (secondary N) is 3. The van der Waals surface area contributed by atoms with E-state index in [9.17, 15) is 9.59 Å². The lowest BCUT2D eigenvalue weighted by Gasteiger charge is -2.09. The van der Waals surface area contributed by atoms with Crippen LogP contribution in [0.3, 0.4) is 0 Å². The van der Waals surface area contributed by atoms with Crippen molar-refractivity contribution in [2.24, 2.45) is 5.73 Å². The normalized spacial score (nSPS) is 10.7. The van der Waals surface area contributed by atoms with Gasteiger partial charge >= 0.3 is 6.03 Å². The Labute approximate surface area is 175 Å². The minimum absolute atomic E-state index is 0.347. The van der Waals surface area contributed by atoms with Crippen LogP contribution in [0.4, 0.5) is 16.2 Å². The number of nitrogens with two attached hydrogens (primary N) is 1. The second-order valence-corrected chi connectivity index (χ2v) is 7.37. The van der Waals surface area contributed by atoms with E-state index < -0.39 is 5.91 Å². The summed E-state index contributed by atoms with van der Waals surface area (Å²) in [4.78, 5) is 27.2. The number of aromatic nitrogens is 1. The molecular formula is C22H17BrN4O2. The zero-order valence-electron chi connectivity index (χ0n) is 15.2. The van der Waals surface area contributed by atoms with Crippen LogP contribution in [0.2, 0.25) is 0 Å². The lowest BCUT2D eigenvalue weighted by Crippen LogP contribution is -2.19. The number of rotatable bonds is 4. The molecule has 1 heterocycles. The van der Waals surface area contributed by atoms with Gasteiger partial charge in [0.25, 0.3) is 5.91 Å². The topological polar surface area (TPSA) is 100 Å². The number of halogens is 1. The van der Waals surface area contributed by atoms with Crippen molar-refractivity contribution >= 4 is 50.1 Å². The van der Waals surface area contributed by atoms with Crippen LogP contribution in [0.15, 0.2) is 77.3 Å². The van der Waals surface area contributed by atoms with E-state index in [4.69, 9.17) is 5.73 Å². The lowest BCUT2D eigenvalue weighted by atomic mass is 10.0. The quantitative estimate of drug-likeness (QED) is 0.338. The summed E-state index contributed by atoms with van der Waals surface area (Å²) in [5.74, 6) is -0.521. The molecule has 1 aromatic heterocycles. The minimum atomic E-state index is -0.521. The number of primary amides is 1. The molecule has 0 aliphatic carbocycles. The number of hydrogen-bond acceptors (Lipinski definition) is 2. The van der Waals surface area contributed by atoms with E-state index in [-0.39, 0.29) is 6.03 Å². The van der Waals surface area contributed by atoms with Gasteiger partial charge in [-0.25, -0.2) is 4.79 Å². The number of anilines is 2. The Balaban J connectivity index is 1.57. The Morgan fingerprint density at radius 3 is 2.31 bits per heavy atom. The predicted molar refractivity (Wildman–Crippen MR) is 119 cm³/mol. The van der Waals surface area contributed by atoms with E-state index in [2.05, 4.69) is 31.5 Å². The fourth-order valence-electron chi connectivity index (χ4n) is 3.21. The van der Waals surface area contributed by atoms with Crippen LogP contribution < -0.4 is 16.4 Å². The molecule has 0 saturated carbocycles. The maximum atomic E-state index is 12.2. The maximum Gasteiger partial charge on any atom is 0.323 e. The molecule has 7 heteroatoms. The van der Waals surface area contributed by atoms with Crippen LogP contribution >= 0.6 is 15.9 Å². The highest BCUT2D eigenvalue weighted by Crippen LogP contribution is 2.33. The standard InChI is InChI=1S/C22H17BrN4O2/c23-14-4-3-5-16(12-14)26-22(29)25-15-10-8-13(9-11-15)19-17-6-1-2-7-18(17)27-20(19)21(24)28/h1-12,27H,(H2,24,28)(H2,25,26,29). The van der Waals surface area contributed by atoms with E-state index in [1.807, 2.05) is 54.6 Å². The van der Waals surface area contributed by atoms with Gasteiger partial charge < -0.3 is 21.4 Å². The van der Waals surface area contributed by atoms with E-state index in [0.717, 1.165) is 26.5 Å². The summed E-state index contributed by atoms with van der Waals surface area (Å²) < 4.78 is 0.878. The van der Waals surface area contributed by atoms with Crippen molar-refractivity contribution in [3.05, 3.63) is 83.0 Å². The van der Waals surface area contributed by atoms with Crippen molar-refractivity contribution in [2.45, 2.75) is 0 Å². The van der Waals surface area contributed by atoms with Crippen molar-refractivity contribution in [3.8, 4) is 11.1 Å². The monoisotopic (exact) mass is 448 g/mol. The van der Waals surface area contributed by atoms with Gasteiger partial charge in [-0.3, -0.25) is 4.79 Å². The van der Waals surface area contributed by atoms with Crippen LogP contribution in [0.25, 0.3) is 22.0 Å². The molecule has 4 rings (SSSR count). The number of carbonyl (C=O) groups excluding carboxylic acids is 2. The smallest absolute Gasteiger partial charge is 0.323 e. The van der Waals surface area contributed by atoms with Crippen LogP contribution in [0, 0.1) is 0 Å². The van der Waals surface area contributed by atoms with Crippen LogP contribution in [0.5, 0.6) is 0 Å². The average molecular weight is 449 g/mol. The summed E-state index contributed by atoms with van der Waals surface area (Å²) in [6.07, 6.45) is 0. The molecule has 0 aliphatic heterocycles. The minimum Gasteiger partial charge on any atom is -0.364 e. The molecule has 144 valence electrons. The molecule has 0 spiro atoms. The summed E-state index contributed by atoms with van der Waals surface area (Å²) in [5.41, 5.74) is 9.64. The summed E-state index contributed by atoms with van der Waals surface area (Å²) in [7, 11) is 0. The molecule has 0 saturated heterocycles. The summed E-state index contributed by atoms with van der Waals surface area (Å²) in [5, 5.41) is 6.48. The van der Waals surface area contributed by atoms with E-state index >= 15 is 0 Å². The molecule has 0 fully saturated rings. The number of para-hydroxylation sites is 1. The lowest BCUT2D eigenvalue weighted by molar-refractivity contribution is 0.0997. The fourth-order valence-corrected chi connectivity index (χ4v) is 3.61. The van der Waals surface area contributed by atoms with Crippen molar-refractivity contribution in [1.29, 1.82) is 0 Å². The number of benzene rings is 3. The van der Waals surface area contributed by atoms with Gasteiger partial charge in [0.15, 0.2) is 0 Å². The molecule has 6 nitrogen and oxygen atoms in total. The molecule has 0 radical (unpaired) electrons. The first-order valence-electron chi connectivity index (χ1n) is 8.86. The van der Waals surface area contributed by atoms with Gasteiger partial charge in [-0.15, -0.1) is 0 Å². The number of hydrogen-bond donors (Lipinski definition) is 4. The second kappa shape index (κ2) is 7.81.